The van der Waals surface area contributed by atoms with Crippen LogP contribution in [0.25, 0.3) is 10.2 Å². The number of thiazole rings is 1. The molecule has 0 atom stereocenters. The Labute approximate surface area is 153 Å². The SMILES string of the molecule is COc1ccc(OC)c2c1sc(=NC(=O)c1ccc3c(c1)OCO3)n2C. The average Bonchev–Trinajstić information content (AvgIpc) is 3.25. The first kappa shape index (κ1) is 16.5. The predicted molar refractivity (Wildman–Crippen MR) is 96.4 cm³/mol. The molecule has 0 unspecified atom stereocenters. The van der Waals surface area contributed by atoms with Crippen LogP contribution < -0.4 is 23.7 Å². The minimum absolute atomic E-state index is 0.162. The summed E-state index contributed by atoms with van der Waals surface area (Å²) in [5, 5.41) is 0. The summed E-state index contributed by atoms with van der Waals surface area (Å²) in [6.45, 7) is 0.162. The molecule has 4 rings (SSSR count). The van der Waals surface area contributed by atoms with Gasteiger partial charge in [-0.2, -0.15) is 4.99 Å². The van der Waals surface area contributed by atoms with E-state index < -0.39 is 0 Å². The topological polar surface area (TPSA) is 71.3 Å². The van der Waals surface area contributed by atoms with Gasteiger partial charge in [0.2, 0.25) is 6.79 Å². The third-order valence-corrected chi connectivity index (χ3v) is 5.28. The molecule has 26 heavy (non-hydrogen) atoms. The van der Waals surface area contributed by atoms with Crippen molar-refractivity contribution < 1.29 is 23.7 Å². The first-order valence-electron chi connectivity index (χ1n) is 7.81. The molecule has 0 radical (unpaired) electrons. The monoisotopic (exact) mass is 372 g/mol. The van der Waals surface area contributed by atoms with Crippen molar-refractivity contribution in [1.29, 1.82) is 0 Å². The van der Waals surface area contributed by atoms with Gasteiger partial charge in [0, 0.05) is 12.6 Å². The number of carbonyl (C=O) groups is 1. The van der Waals surface area contributed by atoms with Crippen LogP contribution in [0, 0.1) is 0 Å². The molecule has 7 nitrogen and oxygen atoms in total. The van der Waals surface area contributed by atoms with E-state index in [2.05, 4.69) is 4.99 Å². The molecule has 1 aromatic heterocycles. The zero-order valence-electron chi connectivity index (χ0n) is 14.4. The van der Waals surface area contributed by atoms with Gasteiger partial charge in [0.25, 0.3) is 5.91 Å². The summed E-state index contributed by atoms with van der Waals surface area (Å²) < 4.78 is 24.1. The largest absolute Gasteiger partial charge is 0.495 e. The van der Waals surface area contributed by atoms with Gasteiger partial charge in [-0.3, -0.25) is 4.79 Å². The maximum absolute atomic E-state index is 12.6. The van der Waals surface area contributed by atoms with Crippen LogP contribution in [0.5, 0.6) is 23.0 Å². The fourth-order valence-corrected chi connectivity index (χ4v) is 3.94. The molecule has 0 fully saturated rings. The summed E-state index contributed by atoms with van der Waals surface area (Å²) in [6, 6.07) is 8.69. The lowest BCUT2D eigenvalue weighted by Gasteiger charge is -2.06. The van der Waals surface area contributed by atoms with Crippen LogP contribution >= 0.6 is 11.3 Å². The number of aromatic nitrogens is 1. The lowest BCUT2D eigenvalue weighted by Crippen LogP contribution is -2.13. The Morgan fingerprint density at radius 1 is 1.12 bits per heavy atom. The van der Waals surface area contributed by atoms with Gasteiger partial charge < -0.3 is 23.5 Å². The smallest absolute Gasteiger partial charge is 0.279 e. The Morgan fingerprint density at radius 2 is 1.85 bits per heavy atom. The molecule has 1 aliphatic heterocycles. The number of ether oxygens (including phenoxy) is 4. The van der Waals surface area contributed by atoms with Crippen LogP contribution in [-0.2, 0) is 7.05 Å². The summed E-state index contributed by atoms with van der Waals surface area (Å²) >= 11 is 1.37. The molecule has 0 aliphatic carbocycles. The third kappa shape index (κ3) is 2.59. The van der Waals surface area contributed by atoms with Gasteiger partial charge in [0.15, 0.2) is 16.3 Å². The number of hydrogen-bond donors (Lipinski definition) is 0. The highest BCUT2D eigenvalue weighted by Gasteiger charge is 2.17. The molecule has 0 saturated carbocycles. The first-order valence-corrected chi connectivity index (χ1v) is 8.63. The zero-order valence-corrected chi connectivity index (χ0v) is 15.3. The summed E-state index contributed by atoms with van der Waals surface area (Å²) in [4.78, 5) is 17.4. The number of rotatable bonds is 3. The molecular formula is C18H16N2O5S. The summed E-state index contributed by atoms with van der Waals surface area (Å²) in [6.07, 6.45) is 0. The van der Waals surface area contributed by atoms with Crippen molar-refractivity contribution in [3.05, 3.63) is 40.7 Å². The molecule has 1 aliphatic rings. The summed E-state index contributed by atoms with van der Waals surface area (Å²) in [7, 11) is 5.05. The second-order valence-electron chi connectivity index (χ2n) is 5.58. The van der Waals surface area contributed by atoms with Gasteiger partial charge in [-0.05, 0) is 30.3 Å². The first-order chi connectivity index (χ1) is 12.6. The Hall–Kier alpha value is -3.00. The number of carbonyl (C=O) groups excluding carboxylic acids is 1. The minimum Gasteiger partial charge on any atom is -0.495 e. The lowest BCUT2D eigenvalue weighted by atomic mass is 10.2. The van der Waals surface area contributed by atoms with E-state index in [1.165, 1.54) is 11.3 Å². The van der Waals surface area contributed by atoms with Gasteiger partial charge in [-0.15, -0.1) is 0 Å². The number of aryl methyl sites for hydroxylation is 1. The number of nitrogens with zero attached hydrogens (tertiary/aromatic N) is 2. The van der Waals surface area contributed by atoms with Crippen LogP contribution in [0.4, 0.5) is 0 Å². The van der Waals surface area contributed by atoms with Crippen molar-refractivity contribution in [2.24, 2.45) is 12.0 Å². The van der Waals surface area contributed by atoms with Gasteiger partial charge >= 0.3 is 0 Å². The van der Waals surface area contributed by atoms with E-state index in [1.807, 2.05) is 23.7 Å². The van der Waals surface area contributed by atoms with Gasteiger partial charge in [-0.25, -0.2) is 0 Å². The Morgan fingerprint density at radius 3 is 2.62 bits per heavy atom. The van der Waals surface area contributed by atoms with Crippen LogP contribution in [0.15, 0.2) is 35.3 Å². The fourth-order valence-electron chi connectivity index (χ4n) is 2.81. The molecular weight excluding hydrogens is 356 g/mol. The molecule has 1 amide bonds. The molecule has 0 N–H and O–H groups in total. The molecule has 3 aromatic rings. The van der Waals surface area contributed by atoms with Gasteiger partial charge in [-0.1, -0.05) is 11.3 Å². The third-order valence-electron chi connectivity index (χ3n) is 4.13. The van der Waals surface area contributed by atoms with E-state index in [1.54, 1.807) is 32.4 Å². The maximum Gasteiger partial charge on any atom is 0.279 e. The molecule has 0 spiro atoms. The van der Waals surface area contributed by atoms with E-state index in [0.29, 0.717) is 33.4 Å². The van der Waals surface area contributed by atoms with Gasteiger partial charge in [0.05, 0.1) is 14.2 Å². The number of hydrogen-bond acceptors (Lipinski definition) is 6. The lowest BCUT2D eigenvalue weighted by molar-refractivity contribution is 0.0997. The highest BCUT2D eigenvalue weighted by molar-refractivity contribution is 7.16. The normalized spacial score (nSPS) is 13.3. The van der Waals surface area contributed by atoms with Crippen molar-refractivity contribution in [2.45, 2.75) is 0 Å². The average molecular weight is 372 g/mol. The van der Waals surface area contributed by atoms with Crippen molar-refractivity contribution in [3.8, 4) is 23.0 Å². The standard InChI is InChI=1S/C18H16N2O5S/c1-20-15-12(22-2)6-7-13(23-3)16(15)26-18(20)19-17(21)10-4-5-11-14(8-10)25-9-24-11/h4-8H,9H2,1-3H3. The molecule has 0 bridgehead atoms. The van der Waals surface area contributed by atoms with E-state index in [9.17, 15) is 4.79 Å². The quantitative estimate of drug-likeness (QED) is 0.707. The molecule has 2 heterocycles. The second-order valence-corrected chi connectivity index (χ2v) is 6.55. The second kappa shape index (κ2) is 6.38. The molecule has 8 heteroatoms. The van der Waals surface area contributed by atoms with E-state index in [-0.39, 0.29) is 12.7 Å². The van der Waals surface area contributed by atoms with Gasteiger partial charge in [0.1, 0.15) is 21.7 Å². The summed E-state index contributed by atoms with van der Waals surface area (Å²) in [5.74, 6) is 2.22. The minimum atomic E-state index is -0.358. The Bertz CT molecular complexity index is 1080. The summed E-state index contributed by atoms with van der Waals surface area (Å²) in [5.41, 5.74) is 1.26. The molecule has 134 valence electrons. The van der Waals surface area contributed by atoms with Crippen molar-refractivity contribution >= 4 is 27.5 Å². The predicted octanol–water partition coefficient (Wildman–Crippen LogP) is 2.73. The Balaban J connectivity index is 1.83. The Kier molecular flexibility index (Phi) is 4.04. The zero-order chi connectivity index (χ0) is 18.3. The highest BCUT2D eigenvalue weighted by atomic mass is 32.1. The molecule has 2 aromatic carbocycles. The fraction of sp³-hybridized carbons (Fsp3) is 0.222. The van der Waals surface area contributed by atoms with Crippen LogP contribution in [0.1, 0.15) is 10.4 Å². The van der Waals surface area contributed by atoms with Crippen molar-refractivity contribution in [3.63, 3.8) is 0 Å². The van der Waals surface area contributed by atoms with E-state index in [4.69, 9.17) is 18.9 Å². The van der Waals surface area contributed by atoms with Crippen LogP contribution in [0.3, 0.4) is 0 Å². The molecule has 0 saturated heterocycles. The number of methoxy groups -OCH3 is 2. The van der Waals surface area contributed by atoms with Crippen molar-refractivity contribution in [1.82, 2.24) is 4.57 Å². The highest BCUT2D eigenvalue weighted by Crippen LogP contribution is 2.35. The maximum atomic E-state index is 12.6. The number of benzene rings is 2. The van der Waals surface area contributed by atoms with Crippen LogP contribution in [0.2, 0.25) is 0 Å². The van der Waals surface area contributed by atoms with Crippen molar-refractivity contribution in [2.75, 3.05) is 21.0 Å². The van der Waals surface area contributed by atoms with Crippen LogP contribution in [-0.4, -0.2) is 31.5 Å². The van der Waals surface area contributed by atoms with E-state index >= 15 is 0 Å². The number of fused-ring (bicyclic) bond motifs is 2. The van der Waals surface area contributed by atoms with E-state index in [0.717, 1.165) is 10.2 Å². The number of amides is 1.